The molecule has 6 rings (SSSR count). The number of fused-ring (bicyclic) bond motifs is 8. The van der Waals surface area contributed by atoms with Crippen molar-refractivity contribution in [2.75, 3.05) is 18.6 Å². The molecule has 52 heavy (non-hydrogen) atoms. The Balaban J connectivity index is 1.52. The summed E-state index contributed by atoms with van der Waals surface area (Å²) in [6.45, 7) is 7.54. The van der Waals surface area contributed by atoms with Gasteiger partial charge in [-0.25, -0.2) is 31.1 Å². The van der Waals surface area contributed by atoms with Gasteiger partial charge in [0, 0.05) is 41.2 Å². The minimum atomic E-state index is -3.66. The first-order valence-corrected chi connectivity index (χ1v) is 20.2. The van der Waals surface area contributed by atoms with Crippen molar-refractivity contribution in [2.45, 2.75) is 75.0 Å². The quantitative estimate of drug-likeness (QED) is 0.202. The molecule has 3 atom stereocenters. The molecule has 1 aliphatic rings. The van der Waals surface area contributed by atoms with Crippen LogP contribution in [0.3, 0.4) is 0 Å². The molecule has 2 aromatic carbocycles. The first kappa shape index (κ1) is 37.5. The van der Waals surface area contributed by atoms with E-state index >= 15 is 8.78 Å². The highest BCUT2D eigenvalue weighted by atomic mass is 32.2. The van der Waals surface area contributed by atoms with Crippen LogP contribution in [0.5, 0.6) is 0 Å². The third-order valence-corrected chi connectivity index (χ3v) is 13.5. The molecular weight excluding hydrogens is 709 g/mol. The zero-order valence-electron chi connectivity index (χ0n) is 30.1. The first-order chi connectivity index (χ1) is 24.5. The molecule has 276 valence electrons. The molecule has 0 aliphatic carbocycles. The van der Waals surface area contributed by atoms with Crippen molar-refractivity contribution in [2.24, 2.45) is 18.4 Å². The second-order valence-electron chi connectivity index (χ2n) is 14.7. The van der Waals surface area contributed by atoms with Crippen LogP contribution in [0.2, 0.25) is 0 Å². The van der Waals surface area contributed by atoms with Gasteiger partial charge in [0.25, 0.3) is 0 Å². The number of halogens is 2. The van der Waals surface area contributed by atoms with Crippen LogP contribution in [0, 0.1) is 23.0 Å². The Labute approximate surface area is 304 Å². The van der Waals surface area contributed by atoms with E-state index in [4.69, 9.17) is 19.8 Å². The van der Waals surface area contributed by atoms with Crippen LogP contribution in [-0.2, 0) is 55.5 Å². The van der Waals surface area contributed by atoms with Gasteiger partial charge in [0.05, 0.1) is 56.9 Å². The Hall–Kier alpha value is -4.30. The number of H-pyrrole nitrogens is 1. The predicted molar refractivity (Wildman–Crippen MR) is 195 cm³/mol. The Morgan fingerprint density at radius 1 is 1.08 bits per heavy atom. The van der Waals surface area contributed by atoms with Crippen LogP contribution < -0.4 is 0 Å². The molecule has 14 heteroatoms. The Morgan fingerprint density at radius 2 is 1.85 bits per heavy atom. The fraction of sp³-hybridized carbons (Fsp3) is 0.421. The van der Waals surface area contributed by atoms with Crippen LogP contribution in [0.4, 0.5) is 8.78 Å². The maximum atomic E-state index is 15.9. The lowest BCUT2D eigenvalue weighted by Gasteiger charge is -2.30. The van der Waals surface area contributed by atoms with Crippen molar-refractivity contribution in [3.63, 3.8) is 0 Å². The molecule has 0 spiro atoms. The number of rotatable bonds is 4. The second-order valence-corrected chi connectivity index (χ2v) is 18.3. The molecule has 0 radical (unpaired) electrons. The molecule has 4 heterocycles. The standard InChI is InChI=1S/C38H43F2N5O5S2/c1-23(35(46)50-6)19-24-9-7-10-32(42-24)38(4)16-8-15-37(2,3)22-52(48,49)18-14-27-26-13-17-41-31(26)21-30(40)33(27)51(47)25-11-12-29(39)28(20-25)34-43-36(38)44-45(34)5/h7,9-13,17,20-21,23,41H,8,14-16,18-19,22H2,1-6H3/t23-,38?,51?/m0/s1. The second kappa shape index (κ2) is 14.3. The number of aromatic nitrogens is 5. The van der Waals surface area contributed by atoms with E-state index in [1.54, 1.807) is 26.2 Å². The highest BCUT2D eigenvalue weighted by Crippen LogP contribution is 2.39. The largest absolute Gasteiger partial charge is 0.469 e. The summed E-state index contributed by atoms with van der Waals surface area (Å²) in [6, 6.07) is 12.4. The van der Waals surface area contributed by atoms with Crippen LogP contribution >= 0.6 is 0 Å². The van der Waals surface area contributed by atoms with Crippen LogP contribution in [0.25, 0.3) is 22.3 Å². The van der Waals surface area contributed by atoms with Crippen molar-refractivity contribution >= 4 is 37.5 Å². The molecule has 0 amide bonds. The van der Waals surface area contributed by atoms with Crippen molar-refractivity contribution in [3.05, 3.63) is 89.1 Å². The molecule has 1 N–H and O–H groups in total. The van der Waals surface area contributed by atoms with E-state index in [-0.39, 0.29) is 45.1 Å². The molecule has 4 bridgehead atoms. The van der Waals surface area contributed by atoms with E-state index in [2.05, 4.69) is 4.98 Å². The number of sulfone groups is 1. The summed E-state index contributed by atoms with van der Waals surface area (Å²) in [4.78, 5) is 25.0. The number of aromatic amines is 1. The molecule has 3 aromatic heterocycles. The van der Waals surface area contributed by atoms with Crippen LogP contribution in [0.1, 0.15) is 69.7 Å². The van der Waals surface area contributed by atoms with Crippen LogP contribution in [-0.4, -0.2) is 61.9 Å². The van der Waals surface area contributed by atoms with Gasteiger partial charge in [0.15, 0.2) is 21.5 Å². The van der Waals surface area contributed by atoms with Crippen molar-refractivity contribution in [1.29, 1.82) is 0 Å². The molecule has 0 fully saturated rings. The Morgan fingerprint density at radius 3 is 2.60 bits per heavy atom. The number of carbonyl (C=O) groups is 1. The van der Waals surface area contributed by atoms with E-state index < -0.39 is 49.0 Å². The number of ether oxygens (including phenoxy) is 1. The lowest BCUT2D eigenvalue weighted by Crippen LogP contribution is -2.30. The van der Waals surface area contributed by atoms with Gasteiger partial charge in [0.2, 0.25) is 0 Å². The number of nitrogens with zero attached hydrogens (tertiary/aromatic N) is 4. The summed E-state index contributed by atoms with van der Waals surface area (Å²) in [6.07, 6.45) is 3.51. The summed E-state index contributed by atoms with van der Waals surface area (Å²) in [5, 5.41) is 5.35. The molecule has 10 nitrogen and oxygen atoms in total. The summed E-state index contributed by atoms with van der Waals surface area (Å²) in [5.41, 5.74) is 0.578. The minimum Gasteiger partial charge on any atom is -0.469 e. The zero-order chi connectivity index (χ0) is 37.6. The molecule has 5 aromatic rings. The summed E-state index contributed by atoms with van der Waals surface area (Å²) in [7, 11) is -2.82. The number of carbonyl (C=O) groups excluding carboxylic acids is 1. The third kappa shape index (κ3) is 7.45. The third-order valence-electron chi connectivity index (χ3n) is 10.00. The average Bonchev–Trinajstić information content (AvgIpc) is 3.72. The van der Waals surface area contributed by atoms with E-state index in [1.807, 2.05) is 39.0 Å². The normalized spacial score (nSPS) is 21.1. The maximum Gasteiger partial charge on any atom is 0.308 e. The zero-order valence-corrected chi connectivity index (χ0v) is 31.8. The monoisotopic (exact) mass is 751 g/mol. The molecule has 0 saturated carbocycles. The maximum absolute atomic E-state index is 15.9. The van der Waals surface area contributed by atoms with Gasteiger partial charge in [0.1, 0.15) is 11.6 Å². The molecule has 0 saturated heterocycles. The van der Waals surface area contributed by atoms with E-state index in [0.717, 1.165) is 0 Å². The number of hydrogen-bond donors (Lipinski definition) is 1. The van der Waals surface area contributed by atoms with E-state index in [1.165, 1.54) is 36.1 Å². The number of nitrogens with one attached hydrogen (secondary N) is 1. The number of pyridine rings is 1. The number of aryl methyl sites for hydroxylation is 2. The Kier molecular flexibility index (Phi) is 10.3. The van der Waals surface area contributed by atoms with Gasteiger partial charge in [-0.15, -0.1) is 0 Å². The molecule has 1 aliphatic heterocycles. The highest BCUT2D eigenvalue weighted by Gasteiger charge is 2.37. The first-order valence-electron chi connectivity index (χ1n) is 17.2. The van der Waals surface area contributed by atoms with Gasteiger partial charge in [-0.05, 0) is 79.6 Å². The number of methoxy groups -OCH3 is 1. The fourth-order valence-corrected chi connectivity index (χ4v) is 10.5. The smallest absolute Gasteiger partial charge is 0.308 e. The van der Waals surface area contributed by atoms with Gasteiger partial charge < -0.3 is 9.72 Å². The summed E-state index contributed by atoms with van der Waals surface area (Å²) in [5.74, 6) is -2.00. The summed E-state index contributed by atoms with van der Waals surface area (Å²) >= 11 is 0. The lowest BCUT2D eigenvalue weighted by atomic mass is 9.78. The van der Waals surface area contributed by atoms with Gasteiger partial charge in [-0.2, -0.15) is 5.10 Å². The van der Waals surface area contributed by atoms with Gasteiger partial charge in [-0.3, -0.25) is 9.78 Å². The topological polar surface area (TPSA) is 137 Å². The van der Waals surface area contributed by atoms with E-state index in [0.29, 0.717) is 59.4 Å². The average molecular weight is 752 g/mol. The minimum absolute atomic E-state index is 0.0255. The lowest BCUT2D eigenvalue weighted by molar-refractivity contribution is -0.144. The highest BCUT2D eigenvalue weighted by molar-refractivity contribution is 7.91. The summed E-state index contributed by atoms with van der Waals surface area (Å²) < 4.78 is 79.6. The predicted octanol–water partition coefficient (Wildman–Crippen LogP) is 6.63. The van der Waals surface area contributed by atoms with Crippen LogP contribution in [0.15, 0.2) is 64.5 Å². The number of benzene rings is 2. The number of hydrogen-bond acceptors (Lipinski definition) is 8. The van der Waals surface area contributed by atoms with Crippen molar-refractivity contribution in [1.82, 2.24) is 24.7 Å². The molecular formula is C38H43F2N5O5S2. The molecule has 2 unspecified atom stereocenters. The van der Waals surface area contributed by atoms with Gasteiger partial charge >= 0.3 is 5.97 Å². The Bertz CT molecular complexity index is 2300. The van der Waals surface area contributed by atoms with Crippen molar-refractivity contribution < 1.29 is 30.9 Å². The fourth-order valence-electron chi connectivity index (χ4n) is 7.20. The number of esters is 1. The SMILES string of the molecule is COC(=O)[C@@H](C)Cc1cccc(C2(C)CCCC(C)(C)CS(=O)(=O)CCc3c(c(F)cc4[nH]ccc34)S(=O)c3ccc(F)c(c3)-c3nc2nn3C)n1. The van der Waals surface area contributed by atoms with E-state index in [9.17, 15) is 17.4 Å². The van der Waals surface area contributed by atoms with Gasteiger partial charge in [-0.1, -0.05) is 33.3 Å². The van der Waals surface area contributed by atoms with Crippen molar-refractivity contribution in [3.8, 4) is 11.4 Å².